The van der Waals surface area contributed by atoms with Crippen LogP contribution in [-0.4, -0.2) is 21.0 Å². The molecule has 0 radical (unpaired) electrons. The van der Waals surface area contributed by atoms with Crippen LogP contribution in [0.25, 0.3) is 0 Å². The number of rotatable bonds is 9. The van der Waals surface area contributed by atoms with Crippen LogP contribution in [0.5, 0.6) is 0 Å². The third-order valence-electron chi connectivity index (χ3n) is 3.31. The summed E-state index contributed by atoms with van der Waals surface area (Å²) in [4.78, 5) is 20.0. The van der Waals surface area contributed by atoms with E-state index in [0.29, 0.717) is 17.1 Å². The summed E-state index contributed by atoms with van der Waals surface area (Å²) in [5, 5.41) is 11.3. The van der Waals surface area contributed by atoms with Gasteiger partial charge in [0.25, 0.3) is 0 Å². The van der Waals surface area contributed by atoms with E-state index >= 15 is 0 Å². The van der Waals surface area contributed by atoms with E-state index in [1.807, 2.05) is 50.2 Å². The quantitative estimate of drug-likeness (QED) is 0.338. The van der Waals surface area contributed by atoms with Crippen molar-refractivity contribution >= 4 is 49.1 Å². The molecule has 1 N–H and O–H groups in total. The number of benzene rings is 1. The van der Waals surface area contributed by atoms with Gasteiger partial charge in [0.15, 0.2) is 0 Å². The zero-order valence-electron chi connectivity index (χ0n) is 16.1. The van der Waals surface area contributed by atoms with Crippen molar-refractivity contribution in [2.45, 2.75) is 35.4 Å². The first-order valence-corrected chi connectivity index (χ1v) is 13.6. The zero-order chi connectivity index (χ0) is 20.9. The van der Waals surface area contributed by atoms with E-state index in [2.05, 4.69) is 16.0 Å². The average Bonchev–Trinajstić information content (AvgIpc) is 2.76. The Labute approximate surface area is 187 Å². The lowest BCUT2D eigenvalue weighted by Gasteiger charge is -2.07. The molecule has 0 saturated carbocycles. The Balaban J connectivity index is 0.00000145. The molecule has 3 rings (SSSR count). The van der Waals surface area contributed by atoms with Crippen LogP contribution < -0.4 is 0 Å². The van der Waals surface area contributed by atoms with Crippen LogP contribution in [-0.2, 0) is 11.5 Å². The number of aromatic carboxylic acids is 1. The summed E-state index contributed by atoms with van der Waals surface area (Å²) in [7, 11) is 6.48. The van der Waals surface area contributed by atoms with Gasteiger partial charge in [-0.15, -0.1) is 0 Å². The molecule has 0 aliphatic heterocycles. The third kappa shape index (κ3) is 8.74. The summed E-state index contributed by atoms with van der Waals surface area (Å²) in [6.07, 6.45) is 3.53. The second-order valence-electron chi connectivity index (χ2n) is 5.37. The molecular weight excluding hydrogens is 441 g/mol. The van der Waals surface area contributed by atoms with Crippen molar-refractivity contribution in [2.24, 2.45) is 0 Å². The molecule has 152 valence electrons. The van der Waals surface area contributed by atoms with Crippen molar-refractivity contribution in [1.82, 2.24) is 9.97 Å². The summed E-state index contributed by atoms with van der Waals surface area (Å²) < 4.78 is 0. The molecule has 1 aromatic carbocycles. The van der Waals surface area contributed by atoms with E-state index in [0.717, 1.165) is 21.2 Å². The number of nitrogens with zero attached hydrogens (tertiary/aromatic N) is 2. The topological polar surface area (TPSA) is 63.1 Å². The number of aromatic nitrogens is 2. The number of carboxylic acids is 1. The molecule has 3 aromatic rings. The fourth-order valence-electron chi connectivity index (χ4n) is 2.16. The molecule has 0 fully saturated rings. The maximum atomic E-state index is 11.5. The van der Waals surface area contributed by atoms with Gasteiger partial charge in [-0.3, -0.25) is 0 Å². The largest absolute Gasteiger partial charge is 0.478 e. The fourth-order valence-corrected chi connectivity index (χ4v) is 6.09. The molecule has 0 spiro atoms. The number of hydrogen-bond donors (Lipinski definition) is 1. The molecule has 0 unspecified atom stereocenters. The first-order valence-electron chi connectivity index (χ1n) is 8.98. The van der Waals surface area contributed by atoms with Crippen molar-refractivity contribution in [3.63, 3.8) is 0 Å². The fraction of sp³-hybridized carbons (Fsp3) is 0.190. The highest BCUT2D eigenvalue weighted by Gasteiger charge is 2.09. The maximum absolute atomic E-state index is 11.5. The zero-order valence-corrected chi connectivity index (χ0v) is 19.4. The summed E-state index contributed by atoms with van der Waals surface area (Å²) in [5.41, 5.74) is 2.33. The van der Waals surface area contributed by atoms with Gasteiger partial charge >= 0.3 is 5.97 Å². The summed E-state index contributed by atoms with van der Waals surface area (Å²) in [5.74, 6) is 0.531. The van der Waals surface area contributed by atoms with E-state index < -0.39 is 5.97 Å². The summed E-state index contributed by atoms with van der Waals surface area (Å²) in [6.45, 7) is 4.00. The molecule has 0 bridgehead atoms. The van der Waals surface area contributed by atoms with Crippen molar-refractivity contribution in [2.75, 3.05) is 0 Å². The van der Waals surface area contributed by atoms with Gasteiger partial charge in [-0.25, -0.2) is 14.8 Å². The van der Waals surface area contributed by atoms with Crippen molar-refractivity contribution in [3.8, 4) is 0 Å². The Hall–Kier alpha value is -1.61. The third-order valence-corrected chi connectivity index (χ3v) is 7.72. The van der Waals surface area contributed by atoms with Gasteiger partial charge in [-0.2, -0.15) is 0 Å². The van der Waals surface area contributed by atoms with Gasteiger partial charge < -0.3 is 5.11 Å². The minimum Gasteiger partial charge on any atom is -0.478 e. The highest BCUT2D eigenvalue weighted by molar-refractivity contribution is 8.76. The van der Waals surface area contributed by atoms with Crippen LogP contribution >= 0.6 is 43.2 Å². The Morgan fingerprint density at radius 3 is 1.69 bits per heavy atom. The molecule has 0 amide bonds. The molecule has 0 atom stereocenters. The van der Waals surface area contributed by atoms with Gasteiger partial charge in [0, 0.05) is 23.9 Å². The molecule has 0 aliphatic carbocycles. The lowest BCUT2D eigenvalue weighted by molar-refractivity contribution is 0.0696. The van der Waals surface area contributed by atoms with Crippen LogP contribution in [0, 0.1) is 0 Å². The molecule has 0 aliphatic rings. The van der Waals surface area contributed by atoms with Gasteiger partial charge in [-0.1, -0.05) is 53.6 Å². The molecule has 4 nitrogen and oxygen atoms in total. The van der Waals surface area contributed by atoms with Crippen molar-refractivity contribution in [1.29, 1.82) is 0 Å². The first kappa shape index (κ1) is 23.7. The van der Waals surface area contributed by atoms with Crippen molar-refractivity contribution < 1.29 is 9.90 Å². The van der Waals surface area contributed by atoms with Crippen LogP contribution in [0.1, 0.15) is 35.3 Å². The number of carbonyl (C=O) groups is 1. The average molecular weight is 463 g/mol. The van der Waals surface area contributed by atoms with E-state index in [4.69, 9.17) is 0 Å². The SMILES string of the molecule is CC.O=C(O)c1cc(CSSc2ccccn2)cc(CSSc2ccccn2)c1. The standard InChI is InChI=1S/C19H16N2O2S4.C2H6/c22-19(23)16-10-14(12-24-26-17-5-1-3-7-20-17)9-15(11-16)13-25-27-18-6-2-4-8-21-18;1-2/h1-11H,12-13H2,(H,22,23);1-2H3. The molecule has 29 heavy (non-hydrogen) atoms. The molecule has 2 heterocycles. The van der Waals surface area contributed by atoms with Crippen LogP contribution in [0.3, 0.4) is 0 Å². The summed E-state index contributed by atoms with van der Waals surface area (Å²) in [6, 6.07) is 17.2. The van der Waals surface area contributed by atoms with E-state index in [9.17, 15) is 9.90 Å². The minimum atomic E-state index is -0.900. The Morgan fingerprint density at radius 2 is 1.31 bits per heavy atom. The van der Waals surface area contributed by atoms with Crippen molar-refractivity contribution in [3.05, 3.63) is 83.7 Å². The first-order chi connectivity index (χ1) is 14.2. The predicted molar refractivity (Wildman–Crippen MR) is 128 cm³/mol. The Bertz CT molecular complexity index is 817. The Morgan fingerprint density at radius 1 is 0.828 bits per heavy atom. The minimum absolute atomic E-state index is 0.328. The molecule has 0 saturated heterocycles. The normalized spacial score (nSPS) is 10.1. The number of pyridine rings is 2. The number of hydrogen-bond acceptors (Lipinski definition) is 7. The van der Waals surface area contributed by atoms with E-state index in [1.54, 1.807) is 67.7 Å². The van der Waals surface area contributed by atoms with Crippen LogP contribution in [0.15, 0.2) is 77.0 Å². The van der Waals surface area contributed by atoms with Crippen LogP contribution in [0.2, 0.25) is 0 Å². The van der Waals surface area contributed by atoms with Gasteiger partial charge in [0.05, 0.1) is 5.56 Å². The molecule has 8 heteroatoms. The molecular formula is C21H22N2O2S4. The van der Waals surface area contributed by atoms with E-state index in [-0.39, 0.29) is 0 Å². The summed E-state index contributed by atoms with van der Waals surface area (Å²) >= 11 is 0. The van der Waals surface area contributed by atoms with Gasteiger partial charge in [-0.05, 0) is 69.1 Å². The Kier molecular flexibility index (Phi) is 11.1. The second-order valence-corrected chi connectivity index (χ2v) is 10.0. The predicted octanol–water partition coefficient (Wildman–Crippen LogP) is 7.08. The lowest BCUT2D eigenvalue weighted by Crippen LogP contribution is -1.99. The highest BCUT2D eigenvalue weighted by Crippen LogP contribution is 2.35. The maximum Gasteiger partial charge on any atom is 0.335 e. The van der Waals surface area contributed by atoms with Gasteiger partial charge in [0.2, 0.25) is 0 Å². The van der Waals surface area contributed by atoms with E-state index in [1.165, 1.54) is 0 Å². The molecule has 2 aromatic heterocycles. The van der Waals surface area contributed by atoms with Gasteiger partial charge in [0.1, 0.15) is 10.1 Å². The second kappa shape index (κ2) is 13.6. The van der Waals surface area contributed by atoms with Crippen LogP contribution in [0.4, 0.5) is 0 Å². The number of carboxylic acid groups (broad SMARTS) is 1. The lowest BCUT2D eigenvalue weighted by atomic mass is 10.1. The highest BCUT2D eigenvalue weighted by atomic mass is 33.1. The monoisotopic (exact) mass is 462 g/mol. The smallest absolute Gasteiger partial charge is 0.335 e.